The Labute approximate surface area is 163 Å². The van der Waals surface area contributed by atoms with Crippen molar-refractivity contribution < 1.29 is 9.47 Å². The predicted molar refractivity (Wildman–Crippen MR) is 102 cm³/mol. The molecule has 3 aromatic carbocycles. The molecule has 0 aliphatic carbocycles. The van der Waals surface area contributed by atoms with E-state index in [1.54, 1.807) is 36.8 Å². The third-order valence-corrected chi connectivity index (χ3v) is 4.26. The molecule has 0 atom stereocenters. The van der Waals surface area contributed by atoms with Crippen LogP contribution < -0.4 is 9.47 Å². The van der Waals surface area contributed by atoms with Crippen LogP contribution in [-0.4, -0.2) is 0 Å². The van der Waals surface area contributed by atoms with Crippen molar-refractivity contribution in [3.8, 4) is 30.1 Å². The molecule has 28 heavy (non-hydrogen) atoms. The van der Waals surface area contributed by atoms with Gasteiger partial charge in [0, 0.05) is 12.0 Å². The number of benzene rings is 3. The highest BCUT2D eigenvalue weighted by Gasteiger charge is 2.08. The maximum Gasteiger partial charge on any atom is 0.292 e. The Morgan fingerprint density at radius 2 is 1.25 bits per heavy atom. The third kappa shape index (κ3) is 4.67. The number of ether oxygens (including phenoxy) is 2. The van der Waals surface area contributed by atoms with Crippen molar-refractivity contribution in [1.29, 1.82) is 15.8 Å². The number of nitrogens with zero attached hydrogens (tertiary/aromatic N) is 3. The van der Waals surface area contributed by atoms with Crippen LogP contribution in [0, 0.1) is 34.4 Å². The van der Waals surface area contributed by atoms with Crippen LogP contribution in [0.4, 0.5) is 0 Å². The summed E-state index contributed by atoms with van der Waals surface area (Å²) in [5.41, 5.74) is 4.59. The molecule has 0 unspecified atom stereocenters. The van der Waals surface area contributed by atoms with Crippen molar-refractivity contribution in [3.63, 3.8) is 0 Å². The zero-order valence-corrected chi connectivity index (χ0v) is 14.9. The molecule has 0 amide bonds. The number of hydrogen-bond donors (Lipinski definition) is 0. The van der Waals surface area contributed by atoms with Crippen molar-refractivity contribution in [3.05, 3.63) is 94.5 Å². The Morgan fingerprint density at radius 1 is 0.643 bits per heavy atom. The molecule has 0 saturated heterocycles. The quantitative estimate of drug-likeness (QED) is 0.602. The van der Waals surface area contributed by atoms with Gasteiger partial charge in [0.2, 0.25) is 0 Å². The van der Waals surface area contributed by atoms with Gasteiger partial charge in [-0.3, -0.25) is 0 Å². The molecule has 0 aliphatic heterocycles. The predicted octanol–water partition coefficient (Wildman–Crippen LogP) is 4.46. The molecule has 5 heteroatoms. The summed E-state index contributed by atoms with van der Waals surface area (Å²) in [6.07, 6.45) is 4.65. The molecule has 134 valence electrons. The van der Waals surface area contributed by atoms with Crippen LogP contribution in [0.2, 0.25) is 0 Å². The van der Waals surface area contributed by atoms with Crippen molar-refractivity contribution in [1.82, 2.24) is 0 Å². The summed E-state index contributed by atoms with van der Waals surface area (Å²) in [7, 11) is 0. The lowest BCUT2D eigenvalue weighted by Gasteiger charge is -2.10. The van der Waals surface area contributed by atoms with E-state index in [1.807, 2.05) is 42.5 Å². The van der Waals surface area contributed by atoms with Gasteiger partial charge >= 0.3 is 0 Å². The fraction of sp³-hybridized carbons (Fsp3) is 0.0870. The number of nitriles is 3. The van der Waals surface area contributed by atoms with Gasteiger partial charge in [0.1, 0.15) is 11.5 Å². The molecule has 0 bridgehead atoms. The van der Waals surface area contributed by atoms with Crippen LogP contribution in [0.1, 0.15) is 27.8 Å². The molecule has 0 saturated carbocycles. The number of rotatable bonds is 6. The largest absolute Gasteiger partial charge is 0.388 e. The van der Waals surface area contributed by atoms with E-state index in [0.29, 0.717) is 29.9 Å². The molecule has 0 aliphatic rings. The Morgan fingerprint density at radius 3 is 1.89 bits per heavy atom. The van der Waals surface area contributed by atoms with E-state index in [4.69, 9.17) is 25.3 Å². The second kappa shape index (κ2) is 8.90. The average Bonchev–Trinajstić information content (AvgIpc) is 2.72. The van der Waals surface area contributed by atoms with Gasteiger partial charge in [-0.25, -0.2) is 0 Å². The number of hydrogen-bond acceptors (Lipinski definition) is 5. The average molecular weight is 365 g/mol. The molecular weight excluding hydrogens is 350 g/mol. The molecular formula is C23H15N3O2. The highest BCUT2D eigenvalue weighted by molar-refractivity contribution is 5.44. The van der Waals surface area contributed by atoms with E-state index in [2.05, 4.69) is 6.07 Å². The summed E-state index contributed by atoms with van der Waals surface area (Å²) in [5.74, 6) is 1.02. The van der Waals surface area contributed by atoms with Gasteiger partial charge in [0.15, 0.2) is 0 Å². The zero-order chi connectivity index (χ0) is 19.8. The van der Waals surface area contributed by atoms with E-state index in [-0.39, 0.29) is 0 Å². The Hall–Kier alpha value is -4.27. The summed E-state index contributed by atoms with van der Waals surface area (Å²) in [6, 6.07) is 22.5. The Kier molecular flexibility index (Phi) is 5.89. The van der Waals surface area contributed by atoms with Gasteiger partial charge in [-0.05, 0) is 53.4 Å². The second-order valence-electron chi connectivity index (χ2n) is 6.14. The van der Waals surface area contributed by atoms with E-state index in [1.165, 1.54) is 0 Å². The van der Waals surface area contributed by atoms with E-state index in [0.717, 1.165) is 22.3 Å². The normalized spacial score (nSPS) is 9.61. The highest BCUT2D eigenvalue weighted by Crippen LogP contribution is 2.25. The van der Waals surface area contributed by atoms with Crippen molar-refractivity contribution in [2.75, 3.05) is 0 Å². The van der Waals surface area contributed by atoms with Crippen LogP contribution in [0.15, 0.2) is 66.7 Å². The zero-order valence-electron chi connectivity index (χ0n) is 14.9. The summed E-state index contributed by atoms with van der Waals surface area (Å²) in [6.45, 7) is 0. The van der Waals surface area contributed by atoms with Crippen molar-refractivity contribution in [2.45, 2.75) is 12.8 Å². The Bertz CT molecular complexity index is 1080. The minimum atomic E-state index is 0.498. The monoisotopic (exact) mass is 365 g/mol. The van der Waals surface area contributed by atoms with Gasteiger partial charge in [0.05, 0.1) is 11.6 Å². The molecule has 5 nitrogen and oxygen atoms in total. The van der Waals surface area contributed by atoms with Gasteiger partial charge in [-0.2, -0.15) is 5.26 Å². The first-order chi connectivity index (χ1) is 13.7. The molecule has 0 radical (unpaired) electrons. The summed E-state index contributed by atoms with van der Waals surface area (Å²) in [5, 5.41) is 26.4. The van der Waals surface area contributed by atoms with Crippen LogP contribution >= 0.6 is 0 Å². The first-order valence-electron chi connectivity index (χ1n) is 8.53. The standard InChI is InChI=1S/C23H15N3O2/c24-14-19-3-1-18(2-4-19)12-21-8-5-20(13-23(21)28-16-26)11-17-6-9-22(10-7-17)27-15-25/h1-10,13H,11-12H2. The van der Waals surface area contributed by atoms with Gasteiger partial charge in [-0.15, -0.1) is 10.5 Å². The molecule has 0 N–H and O–H groups in total. The van der Waals surface area contributed by atoms with Crippen LogP contribution in [0.25, 0.3) is 0 Å². The summed E-state index contributed by atoms with van der Waals surface area (Å²) in [4.78, 5) is 0. The topological polar surface area (TPSA) is 89.8 Å². The first kappa shape index (κ1) is 18.5. The van der Waals surface area contributed by atoms with E-state index < -0.39 is 0 Å². The lowest BCUT2D eigenvalue weighted by atomic mass is 9.99. The first-order valence-corrected chi connectivity index (χ1v) is 8.53. The van der Waals surface area contributed by atoms with Crippen molar-refractivity contribution in [2.24, 2.45) is 0 Å². The lowest BCUT2D eigenvalue weighted by molar-refractivity contribution is 0.500. The van der Waals surface area contributed by atoms with E-state index in [9.17, 15) is 0 Å². The van der Waals surface area contributed by atoms with E-state index >= 15 is 0 Å². The van der Waals surface area contributed by atoms with Gasteiger partial charge in [0.25, 0.3) is 12.5 Å². The third-order valence-electron chi connectivity index (χ3n) is 4.26. The second-order valence-corrected chi connectivity index (χ2v) is 6.14. The van der Waals surface area contributed by atoms with Crippen LogP contribution in [-0.2, 0) is 12.8 Å². The fourth-order valence-corrected chi connectivity index (χ4v) is 2.88. The lowest BCUT2D eigenvalue weighted by Crippen LogP contribution is -1.97. The SMILES string of the molecule is N#COc1ccc(Cc2ccc(Cc3ccc(C#N)cc3)c(OC#N)c2)cc1. The van der Waals surface area contributed by atoms with Crippen LogP contribution in [0.3, 0.4) is 0 Å². The maximum atomic E-state index is 8.99. The molecule has 3 aromatic rings. The molecule has 0 spiro atoms. The minimum absolute atomic E-state index is 0.498. The van der Waals surface area contributed by atoms with Crippen LogP contribution in [0.5, 0.6) is 11.5 Å². The molecule has 0 heterocycles. The minimum Gasteiger partial charge on any atom is -0.388 e. The van der Waals surface area contributed by atoms with Crippen molar-refractivity contribution >= 4 is 0 Å². The smallest absolute Gasteiger partial charge is 0.292 e. The highest BCUT2D eigenvalue weighted by atomic mass is 16.5. The molecule has 0 aromatic heterocycles. The summed E-state index contributed by atoms with van der Waals surface area (Å²) < 4.78 is 9.96. The summed E-state index contributed by atoms with van der Waals surface area (Å²) >= 11 is 0. The fourth-order valence-electron chi connectivity index (χ4n) is 2.88. The maximum absolute atomic E-state index is 8.99. The molecule has 0 fully saturated rings. The van der Waals surface area contributed by atoms with Gasteiger partial charge in [-0.1, -0.05) is 36.4 Å². The molecule has 3 rings (SSSR count). The Balaban J connectivity index is 1.79. The van der Waals surface area contributed by atoms with Gasteiger partial charge < -0.3 is 9.47 Å².